The molecule has 0 spiro atoms. The summed E-state index contributed by atoms with van der Waals surface area (Å²) in [6.07, 6.45) is -2.25. The fourth-order valence-electron chi connectivity index (χ4n) is 4.09. The largest absolute Gasteiger partial charge is 0.368 e. The van der Waals surface area contributed by atoms with Crippen molar-refractivity contribution in [3.8, 4) is 0 Å². The van der Waals surface area contributed by atoms with Gasteiger partial charge in [-0.1, -0.05) is 54.6 Å². The van der Waals surface area contributed by atoms with Gasteiger partial charge in [-0.2, -0.15) is 0 Å². The summed E-state index contributed by atoms with van der Waals surface area (Å²) >= 11 is 0. The van der Waals surface area contributed by atoms with Crippen LogP contribution in [0.1, 0.15) is 23.0 Å². The average molecular weight is 384 g/mol. The van der Waals surface area contributed by atoms with Gasteiger partial charge in [-0.15, -0.1) is 0 Å². The fourth-order valence-corrected chi connectivity index (χ4v) is 4.09. The van der Waals surface area contributed by atoms with Gasteiger partial charge >= 0.3 is 0 Å². The van der Waals surface area contributed by atoms with E-state index in [-0.39, 0.29) is 24.4 Å². The number of rotatable bonds is 2. The van der Waals surface area contributed by atoms with Crippen molar-refractivity contribution < 1.29 is 28.4 Å². The Bertz CT molecular complexity index is 797. The van der Waals surface area contributed by atoms with E-state index in [2.05, 4.69) is 12.1 Å². The third-order valence-electron chi connectivity index (χ3n) is 5.57. The van der Waals surface area contributed by atoms with Crippen molar-refractivity contribution in [3.63, 3.8) is 0 Å². The molecule has 2 fully saturated rings. The van der Waals surface area contributed by atoms with Crippen LogP contribution in [-0.2, 0) is 41.6 Å². The highest BCUT2D eigenvalue weighted by Gasteiger charge is 2.52. The van der Waals surface area contributed by atoms with Crippen LogP contribution < -0.4 is 0 Å². The van der Waals surface area contributed by atoms with Crippen LogP contribution in [0.2, 0.25) is 0 Å². The minimum atomic E-state index is -0.531. The molecule has 0 bridgehead atoms. The van der Waals surface area contributed by atoms with Crippen LogP contribution in [-0.4, -0.2) is 44.4 Å². The maximum absolute atomic E-state index is 6.33. The van der Waals surface area contributed by atoms with Crippen molar-refractivity contribution in [3.05, 3.63) is 71.3 Å². The molecular formula is C22H24O6. The Labute approximate surface area is 164 Å². The first kappa shape index (κ1) is 18.2. The lowest BCUT2D eigenvalue weighted by Crippen LogP contribution is -2.63. The predicted octanol–water partition coefficient (Wildman–Crippen LogP) is 2.96. The highest BCUT2D eigenvalue weighted by atomic mass is 16.8. The number of methoxy groups -OCH3 is 1. The zero-order chi connectivity index (χ0) is 18.9. The second-order valence-corrected chi connectivity index (χ2v) is 7.28. The fraction of sp³-hybridized carbons (Fsp3) is 0.455. The van der Waals surface area contributed by atoms with Gasteiger partial charge in [0.2, 0.25) is 0 Å². The Hall–Kier alpha value is -1.80. The van der Waals surface area contributed by atoms with Gasteiger partial charge in [0.1, 0.15) is 24.4 Å². The summed E-state index contributed by atoms with van der Waals surface area (Å²) in [7, 11) is 1.62. The second kappa shape index (κ2) is 7.91. The summed E-state index contributed by atoms with van der Waals surface area (Å²) in [4.78, 5) is 0. The van der Waals surface area contributed by atoms with Crippen molar-refractivity contribution in [2.24, 2.45) is 0 Å². The van der Waals surface area contributed by atoms with Crippen molar-refractivity contribution in [2.75, 3.05) is 13.7 Å². The summed E-state index contributed by atoms with van der Waals surface area (Å²) in [6, 6.07) is 18.1. The average Bonchev–Trinajstić information content (AvgIpc) is 2.74. The maximum atomic E-state index is 6.33. The Kier molecular flexibility index (Phi) is 5.15. The Morgan fingerprint density at radius 1 is 0.750 bits per heavy atom. The van der Waals surface area contributed by atoms with E-state index in [9.17, 15) is 0 Å². The Balaban J connectivity index is 1.42. The first-order valence-corrected chi connectivity index (χ1v) is 9.64. The molecule has 6 nitrogen and oxygen atoms in total. The number of fused-ring (bicyclic) bond motifs is 4. The Morgan fingerprint density at radius 2 is 1.43 bits per heavy atom. The van der Waals surface area contributed by atoms with Gasteiger partial charge in [-0.3, -0.25) is 0 Å². The quantitative estimate of drug-likeness (QED) is 0.794. The SMILES string of the molecule is CO[C@@H]1O[C@@H]2CO[C@@H](c3ccccc3)O[C@H]2[C@@H]2OCc3ccccc3CO[C@@H]12. The number of hydrogen-bond acceptors (Lipinski definition) is 6. The topological polar surface area (TPSA) is 55.4 Å². The zero-order valence-electron chi connectivity index (χ0n) is 15.7. The van der Waals surface area contributed by atoms with Gasteiger partial charge in [0, 0.05) is 12.7 Å². The van der Waals surface area contributed by atoms with Crippen molar-refractivity contribution in [1.82, 2.24) is 0 Å². The van der Waals surface area contributed by atoms with Crippen molar-refractivity contribution in [1.29, 1.82) is 0 Å². The van der Waals surface area contributed by atoms with Crippen LogP contribution in [0.25, 0.3) is 0 Å². The van der Waals surface area contributed by atoms with E-state index in [1.54, 1.807) is 7.11 Å². The Morgan fingerprint density at radius 3 is 2.14 bits per heavy atom. The number of ether oxygens (including phenoxy) is 6. The predicted molar refractivity (Wildman–Crippen MR) is 99.3 cm³/mol. The van der Waals surface area contributed by atoms with Gasteiger partial charge in [0.05, 0.1) is 19.8 Å². The van der Waals surface area contributed by atoms with Crippen LogP contribution >= 0.6 is 0 Å². The van der Waals surface area contributed by atoms with E-state index in [0.717, 1.165) is 16.7 Å². The molecular weight excluding hydrogens is 360 g/mol. The van der Waals surface area contributed by atoms with E-state index in [4.69, 9.17) is 28.4 Å². The highest BCUT2D eigenvalue weighted by molar-refractivity contribution is 5.26. The number of hydrogen-bond donors (Lipinski definition) is 0. The second-order valence-electron chi connectivity index (χ2n) is 7.28. The highest BCUT2D eigenvalue weighted by Crippen LogP contribution is 2.37. The molecule has 5 rings (SSSR count). The smallest absolute Gasteiger partial charge is 0.186 e. The molecule has 0 unspecified atom stereocenters. The van der Waals surface area contributed by atoms with Crippen LogP contribution in [0.5, 0.6) is 0 Å². The lowest BCUT2D eigenvalue weighted by molar-refractivity contribution is -0.370. The van der Waals surface area contributed by atoms with E-state index >= 15 is 0 Å². The first-order valence-electron chi connectivity index (χ1n) is 9.64. The molecule has 0 amide bonds. The minimum absolute atomic E-state index is 0.274. The van der Waals surface area contributed by atoms with Gasteiger partial charge in [0.25, 0.3) is 0 Å². The molecule has 2 aromatic carbocycles. The lowest BCUT2D eigenvalue weighted by atomic mass is 9.96. The molecule has 0 N–H and O–H groups in total. The van der Waals surface area contributed by atoms with Gasteiger partial charge in [-0.25, -0.2) is 0 Å². The molecule has 6 heteroatoms. The molecule has 2 saturated heterocycles. The molecule has 3 heterocycles. The molecule has 0 radical (unpaired) electrons. The molecule has 0 saturated carbocycles. The summed E-state index contributed by atoms with van der Waals surface area (Å²) in [5.41, 5.74) is 3.22. The maximum Gasteiger partial charge on any atom is 0.186 e. The summed E-state index contributed by atoms with van der Waals surface area (Å²) in [5.74, 6) is 0. The van der Waals surface area contributed by atoms with Gasteiger partial charge in [-0.05, 0) is 11.1 Å². The van der Waals surface area contributed by atoms with E-state index < -0.39 is 12.6 Å². The van der Waals surface area contributed by atoms with E-state index in [0.29, 0.717) is 19.8 Å². The van der Waals surface area contributed by atoms with Crippen LogP contribution in [0.15, 0.2) is 54.6 Å². The third-order valence-corrected chi connectivity index (χ3v) is 5.57. The summed E-state index contributed by atoms with van der Waals surface area (Å²) in [6.45, 7) is 1.40. The monoisotopic (exact) mass is 384 g/mol. The molecule has 2 aromatic rings. The number of benzene rings is 2. The van der Waals surface area contributed by atoms with Gasteiger partial charge in [0.15, 0.2) is 12.6 Å². The van der Waals surface area contributed by atoms with E-state index in [1.165, 1.54) is 0 Å². The molecule has 0 aromatic heterocycles. The minimum Gasteiger partial charge on any atom is -0.368 e. The van der Waals surface area contributed by atoms with Crippen molar-refractivity contribution >= 4 is 0 Å². The van der Waals surface area contributed by atoms with Crippen molar-refractivity contribution in [2.45, 2.75) is 50.2 Å². The molecule has 148 valence electrons. The van der Waals surface area contributed by atoms with Crippen LogP contribution in [0.3, 0.4) is 0 Å². The third kappa shape index (κ3) is 3.37. The standard InChI is InChI=1S/C22H24O6/c1-23-22-20-19(24-11-15-9-5-6-10-16(15)12-25-20)18-17(27-22)13-26-21(28-18)14-7-3-2-4-8-14/h2-10,17-22H,11-13H2,1H3/t17-,18-,19+,20-,21-,22-/m1/s1. The normalized spacial score (nSPS) is 35.0. The van der Waals surface area contributed by atoms with Gasteiger partial charge < -0.3 is 28.4 Å². The molecule has 28 heavy (non-hydrogen) atoms. The first-order chi connectivity index (χ1) is 13.8. The summed E-state index contributed by atoms with van der Waals surface area (Å²) in [5, 5.41) is 0. The van der Waals surface area contributed by atoms with Crippen LogP contribution in [0.4, 0.5) is 0 Å². The zero-order valence-corrected chi connectivity index (χ0v) is 15.7. The summed E-state index contributed by atoms with van der Waals surface area (Å²) < 4.78 is 36.4. The molecule has 6 atom stereocenters. The van der Waals surface area contributed by atoms with Crippen LogP contribution in [0, 0.1) is 0 Å². The lowest BCUT2D eigenvalue weighted by Gasteiger charge is -2.49. The van der Waals surface area contributed by atoms with E-state index in [1.807, 2.05) is 42.5 Å². The molecule has 3 aliphatic rings. The molecule has 3 aliphatic heterocycles. The molecule has 0 aliphatic carbocycles.